The molecule has 21 heavy (non-hydrogen) atoms. The van der Waals surface area contributed by atoms with Crippen molar-refractivity contribution in [3.63, 3.8) is 0 Å². The maximum absolute atomic E-state index is 12.0. The van der Waals surface area contributed by atoms with Crippen LogP contribution < -0.4 is 14.8 Å². The van der Waals surface area contributed by atoms with Gasteiger partial charge in [0, 0.05) is 13.1 Å². The summed E-state index contributed by atoms with van der Waals surface area (Å²) in [7, 11) is 0. The molecule has 1 aliphatic rings. The lowest BCUT2D eigenvalue weighted by Crippen LogP contribution is -2.42. The molecule has 1 heterocycles. The van der Waals surface area contributed by atoms with Gasteiger partial charge in [-0.25, -0.2) is 4.79 Å². The summed E-state index contributed by atoms with van der Waals surface area (Å²) in [5.74, 6) is 0.308. The van der Waals surface area contributed by atoms with Gasteiger partial charge in [-0.3, -0.25) is 4.79 Å². The molecule has 0 spiro atoms. The van der Waals surface area contributed by atoms with Crippen LogP contribution >= 0.6 is 0 Å². The molecule has 7 heteroatoms. The summed E-state index contributed by atoms with van der Waals surface area (Å²) in [6.45, 7) is 2.49. The second-order valence-corrected chi connectivity index (χ2v) is 4.66. The van der Waals surface area contributed by atoms with Gasteiger partial charge in [-0.2, -0.15) is 0 Å². The number of amides is 2. The number of carbonyl (C=O) groups is 2. The molecule has 0 fully saturated rings. The van der Waals surface area contributed by atoms with Crippen molar-refractivity contribution in [1.82, 2.24) is 10.2 Å². The lowest BCUT2D eigenvalue weighted by atomic mass is 10.2. The Labute approximate surface area is 122 Å². The number of fused-ring (bicyclic) bond motifs is 1. The van der Waals surface area contributed by atoms with Gasteiger partial charge in [-0.15, -0.1) is 0 Å². The molecule has 2 rings (SSSR count). The minimum absolute atomic E-state index is 0.202. The molecule has 1 aliphatic heterocycles. The number of nitrogens with one attached hydrogen (secondary N) is 1. The highest BCUT2D eigenvalue weighted by Gasteiger charge is 2.17. The molecule has 114 valence electrons. The first-order valence-corrected chi connectivity index (χ1v) is 6.73. The Kier molecular flexibility index (Phi) is 4.86. The van der Waals surface area contributed by atoms with Crippen LogP contribution in [0, 0.1) is 0 Å². The molecular formula is C14H18N2O5. The van der Waals surface area contributed by atoms with Crippen LogP contribution in [0.2, 0.25) is 0 Å². The average molecular weight is 294 g/mol. The van der Waals surface area contributed by atoms with E-state index in [0.717, 1.165) is 5.56 Å². The van der Waals surface area contributed by atoms with E-state index in [1.165, 1.54) is 4.90 Å². The zero-order valence-corrected chi connectivity index (χ0v) is 11.8. The molecule has 2 amide bonds. The fourth-order valence-electron chi connectivity index (χ4n) is 2.03. The van der Waals surface area contributed by atoms with Gasteiger partial charge in [0.15, 0.2) is 11.5 Å². The van der Waals surface area contributed by atoms with Gasteiger partial charge < -0.3 is 24.8 Å². The normalized spacial score (nSPS) is 12.0. The smallest absolute Gasteiger partial charge is 0.323 e. The Morgan fingerprint density at radius 2 is 2.10 bits per heavy atom. The number of aliphatic carboxylic acids is 1. The number of carboxylic acids is 1. The topological polar surface area (TPSA) is 88.1 Å². The van der Waals surface area contributed by atoms with Crippen molar-refractivity contribution in [2.45, 2.75) is 19.9 Å². The van der Waals surface area contributed by atoms with Crippen molar-refractivity contribution in [3.05, 3.63) is 23.8 Å². The highest BCUT2D eigenvalue weighted by atomic mass is 16.7. The molecule has 0 saturated heterocycles. The average Bonchev–Trinajstić information content (AvgIpc) is 2.91. The van der Waals surface area contributed by atoms with E-state index in [1.54, 1.807) is 12.1 Å². The molecule has 0 bridgehead atoms. The Morgan fingerprint density at radius 3 is 2.81 bits per heavy atom. The molecule has 0 aromatic heterocycles. The molecule has 0 saturated carbocycles. The van der Waals surface area contributed by atoms with E-state index in [9.17, 15) is 9.59 Å². The van der Waals surface area contributed by atoms with E-state index in [-0.39, 0.29) is 13.3 Å². The summed E-state index contributed by atoms with van der Waals surface area (Å²) in [5, 5.41) is 11.5. The number of carbonyl (C=O) groups excluding carboxylic acids is 1. The Bertz CT molecular complexity index is 532. The number of hydrogen-bond acceptors (Lipinski definition) is 4. The van der Waals surface area contributed by atoms with E-state index >= 15 is 0 Å². The van der Waals surface area contributed by atoms with Gasteiger partial charge >= 0.3 is 12.0 Å². The standard InChI is InChI=1S/C14H18N2O5/c1-2-5-16(8-13(17)18)14(19)15-7-10-3-4-11-12(6-10)21-9-20-11/h3-4,6H,2,5,7-9H2,1H3,(H,15,19)(H,17,18). The number of benzene rings is 1. The quantitative estimate of drug-likeness (QED) is 0.828. The van der Waals surface area contributed by atoms with Crippen molar-refractivity contribution < 1.29 is 24.2 Å². The van der Waals surface area contributed by atoms with Crippen LogP contribution in [0.4, 0.5) is 4.79 Å². The first-order valence-electron chi connectivity index (χ1n) is 6.73. The molecular weight excluding hydrogens is 276 g/mol. The summed E-state index contributed by atoms with van der Waals surface area (Å²) >= 11 is 0. The first-order chi connectivity index (χ1) is 10.1. The lowest BCUT2D eigenvalue weighted by molar-refractivity contribution is -0.137. The fraction of sp³-hybridized carbons (Fsp3) is 0.429. The first kappa shape index (κ1) is 15.0. The fourth-order valence-corrected chi connectivity index (χ4v) is 2.03. The number of urea groups is 1. The van der Waals surface area contributed by atoms with Gasteiger partial charge in [-0.1, -0.05) is 13.0 Å². The maximum atomic E-state index is 12.0. The van der Waals surface area contributed by atoms with E-state index in [4.69, 9.17) is 14.6 Å². The van der Waals surface area contributed by atoms with E-state index < -0.39 is 12.0 Å². The van der Waals surface area contributed by atoms with Gasteiger partial charge in [0.2, 0.25) is 6.79 Å². The van der Waals surface area contributed by atoms with Crippen LogP contribution in [0.25, 0.3) is 0 Å². The molecule has 0 atom stereocenters. The minimum atomic E-state index is -1.03. The maximum Gasteiger partial charge on any atom is 0.323 e. The zero-order valence-electron chi connectivity index (χ0n) is 11.8. The highest BCUT2D eigenvalue weighted by molar-refractivity contribution is 5.80. The molecule has 0 aliphatic carbocycles. The Hall–Kier alpha value is -2.44. The molecule has 7 nitrogen and oxygen atoms in total. The molecule has 0 unspecified atom stereocenters. The third-order valence-corrected chi connectivity index (χ3v) is 2.99. The number of ether oxygens (including phenoxy) is 2. The van der Waals surface area contributed by atoms with E-state index in [1.807, 2.05) is 13.0 Å². The molecule has 0 radical (unpaired) electrons. The SMILES string of the molecule is CCCN(CC(=O)O)C(=O)NCc1ccc2c(c1)OCO2. The van der Waals surface area contributed by atoms with Crippen LogP contribution in [0.3, 0.4) is 0 Å². The number of rotatable bonds is 6. The van der Waals surface area contributed by atoms with Crippen LogP contribution in [-0.4, -0.2) is 41.9 Å². The second kappa shape index (κ2) is 6.83. The van der Waals surface area contributed by atoms with Crippen molar-refractivity contribution in [2.24, 2.45) is 0 Å². The summed E-state index contributed by atoms with van der Waals surface area (Å²) in [6, 6.07) is 5.02. The van der Waals surface area contributed by atoms with E-state index in [2.05, 4.69) is 5.32 Å². The number of nitrogens with zero attached hydrogens (tertiary/aromatic N) is 1. The number of hydrogen-bond donors (Lipinski definition) is 2. The lowest BCUT2D eigenvalue weighted by Gasteiger charge is -2.20. The summed E-state index contributed by atoms with van der Waals surface area (Å²) in [6.07, 6.45) is 0.699. The van der Waals surface area contributed by atoms with Crippen LogP contribution in [0.15, 0.2) is 18.2 Å². The van der Waals surface area contributed by atoms with Gasteiger partial charge in [0.1, 0.15) is 6.54 Å². The van der Waals surface area contributed by atoms with Crippen molar-refractivity contribution in [2.75, 3.05) is 19.9 Å². The van der Waals surface area contributed by atoms with Crippen molar-refractivity contribution in [1.29, 1.82) is 0 Å². The van der Waals surface area contributed by atoms with Crippen LogP contribution in [0.5, 0.6) is 11.5 Å². The third-order valence-electron chi connectivity index (χ3n) is 2.99. The van der Waals surface area contributed by atoms with Gasteiger partial charge in [-0.05, 0) is 24.1 Å². The highest BCUT2D eigenvalue weighted by Crippen LogP contribution is 2.32. The van der Waals surface area contributed by atoms with E-state index in [0.29, 0.717) is 31.0 Å². The van der Waals surface area contributed by atoms with Crippen molar-refractivity contribution >= 4 is 12.0 Å². The molecule has 1 aromatic rings. The van der Waals surface area contributed by atoms with Gasteiger partial charge in [0.25, 0.3) is 0 Å². The largest absolute Gasteiger partial charge is 0.480 e. The predicted octanol–water partition coefficient (Wildman–Crippen LogP) is 1.42. The Balaban J connectivity index is 1.91. The van der Waals surface area contributed by atoms with Crippen LogP contribution in [0.1, 0.15) is 18.9 Å². The number of carboxylic acid groups (broad SMARTS) is 1. The molecule has 1 aromatic carbocycles. The summed E-state index contributed by atoms with van der Waals surface area (Å²) in [5.41, 5.74) is 0.861. The summed E-state index contributed by atoms with van der Waals surface area (Å²) in [4.78, 5) is 24.0. The van der Waals surface area contributed by atoms with Crippen molar-refractivity contribution in [3.8, 4) is 11.5 Å². The second-order valence-electron chi connectivity index (χ2n) is 4.66. The van der Waals surface area contributed by atoms with Gasteiger partial charge in [0.05, 0.1) is 0 Å². The predicted molar refractivity (Wildman–Crippen MR) is 74.3 cm³/mol. The molecule has 2 N–H and O–H groups in total. The Morgan fingerprint density at radius 1 is 1.33 bits per heavy atom. The minimum Gasteiger partial charge on any atom is -0.480 e. The zero-order chi connectivity index (χ0) is 15.2. The monoisotopic (exact) mass is 294 g/mol. The van der Waals surface area contributed by atoms with Crippen LogP contribution in [-0.2, 0) is 11.3 Å². The summed E-state index contributed by atoms with van der Waals surface area (Å²) < 4.78 is 10.5. The third kappa shape index (κ3) is 4.01.